The first-order valence-corrected chi connectivity index (χ1v) is 7.66. The first-order chi connectivity index (χ1) is 10.8. The summed E-state index contributed by atoms with van der Waals surface area (Å²) in [5, 5.41) is 7.85. The molecule has 23 heavy (non-hydrogen) atoms. The van der Waals surface area contributed by atoms with Crippen molar-refractivity contribution in [2.75, 3.05) is 5.32 Å². The third kappa shape index (κ3) is 3.13. The maximum Gasteiger partial charge on any atom is 0.245 e. The summed E-state index contributed by atoms with van der Waals surface area (Å²) in [5.74, 6) is 1.08. The smallest absolute Gasteiger partial charge is 0.245 e. The summed E-state index contributed by atoms with van der Waals surface area (Å²) in [6.45, 7) is 8.36. The van der Waals surface area contributed by atoms with Gasteiger partial charge in [-0.1, -0.05) is 44.1 Å². The lowest BCUT2D eigenvalue weighted by Gasteiger charge is -2.12. The third-order valence-corrected chi connectivity index (χ3v) is 3.84. The highest BCUT2D eigenvalue weighted by molar-refractivity contribution is 5.91. The van der Waals surface area contributed by atoms with Gasteiger partial charge < -0.3 is 14.4 Å². The predicted octanol–water partition coefficient (Wildman–Crippen LogP) is 3.87. The number of benzene rings is 1. The molecule has 0 unspecified atom stereocenters. The summed E-state index contributed by atoms with van der Waals surface area (Å²) in [4.78, 5) is 12.3. The largest absolute Gasteiger partial charge is 0.359 e. The molecule has 2 aromatic heterocycles. The number of carbonyl (C=O) groups is 1. The van der Waals surface area contributed by atoms with Crippen LogP contribution in [0.15, 0.2) is 40.9 Å². The van der Waals surface area contributed by atoms with Crippen molar-refractivity contribution in [2.24, 2.45) is 0 Å². The van der Waals surface area contributed by atoms with Gasteiger partial charge in [0.25, 0.3) is 0 Å². The average Bonchev–Trinajstić information content (AvgIpc) is 3.04. The first kappa shape index (κ1) is 15.3. The number of fused-ring (bicyclic) bond motifs is 1. The second-order valence-electron chi connectivity index (χ2n) is 6.81. The van der Waals surface area contributed by atoms with Gasteiger partial charge in [0, 0.05) is 22.7 Å². The molecule has 2 heterocycles. The van der Waals surface area contributed by atoms with Crippen molar-refractivity contribution in [1.29, 1.82) is 0 Å². The summed E-state index contributed by atoms with van der Waals surface area (Å²) in [5.41, 5.74) is 1.97. The molecule has 3 aromatic rings. The highest BCUT2D eigenvalue weighted by Gasteiger charge is 2.20. The van der Waals surface area contributed by atoms with Crippen LogP contribution in [0.3, 0.4) is 0 Å². The summed E-state index contributed by atoms with van der Waals surface area (Å²) >= 11 is 0. The number of nitrogens with one attached hydrogen (secondary N) is 1. The van der Waals surface area contributed by atoms with E-state index in [9.17, 15) is 4.79 Å². The molecule has 120 valence electrons. The Morgan fingerprint density at radius 2 is 2.00 bits per heavy atom. The molecule has 3 rings (SSSR count). The van der Waals surface area contributed by atoms with E-state index in [1.165, 1.54) is 0 Å². The van der Waals surface area contributed by atoms with E-state index in [1.807, 2.05) is 56.5 Å². The zero-order chi connectivity index (χ0) is 16.6. The Kier molecular flexibility index (Phi) is 3.72. The van der Waals surface area contributed by atoms with Crippen LogP contribution in [-0.4, -0.2) is 15.6 Å². The van der Waals surface area contributed by atoms with E-state index in [1.54, 1.807) is 6.07 Å². The van der Waals surface area contributed by atoms with E-state index < -0.39 is 0 Å². The lowest BCUT2D eigenvalue weighted by molar-refractivity contribution is -0.116. The van der Waals surface area contributed by atoms with E-state index in [4.69, 9.17) is 4.52 Å². The molecular formula is C18H21N3O2. The molecule has 1 amide bonds. The molecule has 5 heteroatoms. The van der Waals surface area contributed by atoms with Gasteiger partial charge >= 0.3 is 0 Å². The van der Waals surface area contributed by atoms with Crippen molar-refractivity contribution < 1.29 is 9.32 Å². The highest BCUT2D eigenvalue weighted by Crippen LogP contribution is 2.24. The Morgan fingerprint density at radius 1 is 1.26 bits per heavy atom. The minimum Gasteiger partial charge on any atom is -0.359 e. The quantitative estimate of drug-likeness (QED) is 0.798. The number of rotatable bonds is 3. The number of anilines is 1. The minimum absolute atomic E-state index is 0.122. The van der Waals surface area contributed by atoms with Gasteiger partial charge in [0.2, 0.25) is 5.91 Å². The number of aromatic nitrogens is 2. The molecule has 5 nitrogen and oxygen atoms in total. The number of para-hydroxylation sites is 1. The van der Waals surface area contributed by atoms with Crippen molar-refractivity contribution >= 4 is 22.6 Å². The Hall–Kier alpha value is -2.56. The van der Waals surface area contributed by atoms with E-state index in [0.717, 1.165) is 22.4 Å². The number of amides is 1. The van der Waals surface area contributed by atoms with Crippen LogP contribution >= 0.6 is 0 Å². The molecular weight excluding hydrogens is 290 g/mol. The Labute approximate surface area is 135 Å². The van der Waals surface area contributed by atoms with Crippen LogP contribution in [0, 0.1) is 6.92 Å². The second-order valence-corrected chi connectivity index (χ2v) is 6.81. The van der Waals surface area contributed by atoms with E-state index in [2.05, 4.69) is 16.5 Å². The van der Waals surface area contributed by atoms with Gasteiger partial charge in [0.05, 0.1) is 0 Å². The molecule has 1 N–H and O–H groups in total. The lowest BCUT2D eigenvalue weighted by atomic mass is 9.93. The molecule has 1 aromatic carbocycles. The molecule has 0 aliphatic heterocycles. The zero-order valence-corrected chi connectivity index (χ0v) is 13.9. The maximum absolute atomic E-state index is 12.3. The van der Waals surface area contributed by atoms with E-state index >= 15 is 0 Å². The highest BCUT2D eigenvalue weighted by atomic mass is 16.5. The number of hydrogen-bond acceptors (Lipinski definition) is 3. The van der Waals surface area contributed by atoms with Crippen LogP contribution in [0.4, 0.5) is 5.82 Å². The van der Waals surface area contributed by atoms with Crippen molar-refractivity contribution in [3.8, 4) is 0 Å². The molecule has 0 fully saturated rings. The van der Waals surface area contributed by atoms with Crippen molar-refractivity contribution in [3.63, 3.8) is 0 Å². The molecule has 0 aliphatic carbocycles. The Bertz CT molecular complexity index is 853. The van der Waals surface area contributed by atoms with Crippen molar-refractivity contribution in [3.05, 3.63) is 47.9 Å². The van der Waals surface area contributed by atoms with Gasteiger partial charge in [-0.3, -0.25) is 4.79 Å². The number of carbonyl (C=O) groups excluding carboxylic acids is 1. The monoisotopic (exact) mass is 311 g/mol. The average molecular weight is 311 g/mol. The Balaban J connectivity index is 1.76. The first-order valence-electron chi connectivity index (χ1n) is 7.66. The van der Waals surface area contributed by atoms with Crippen LogP contribution in [-0.2, 0) is 16.8 Å². The lowest BCUT2D eigenvalue weighted by Crippen LogP contribution is -2.19. The topological polar surface area (TPSA) is 60.1 Å². The normalized spacial score (nSPS) is 11.8. The van der Waals surface area contributed by atoms with Crippen LogP contribution in [0.5, 0.6) is 0 Å². The van der Waals surface area contributed by atoms with E-state index in [-0.39, 0.29) is 17.9 Å². The SMILES string of the molecule is Cc1cc2ccccc2n1CC(=O)Nc1cc(C(C)(C)C)on1. The van der Waals surface area contributed by atoms with Gasteiger partial charge in [-0.2, -0.15) is 0 Å². The summed E-state index contributed by atoms with van der Waals surface area (Å²) < 4.78 is 7.28. The summed E-state index contributed by atoms with van der Waals surface area (Å²) in [6, 6.07) is 11.9. The van der Waals surface area contributed by atoms with Crippen molar-refractivity contribution in [2.45, 2.75) is 39.7 Å². The van der Waals surface area contributed by atoms with Crippen molar-refractivity contribution in [1.82, 2.24) is 9.72 Å². The zero-order valence-electron chi connectivity index (χ0n) is 13.9. The number of hydrogen-bond donors (Lipinski definition) is 1. The second kappa shape index (κ2) is 5.57. The van der Waals surface area contributed by atoms with Crippen LogP contribution in [0.25, 0.3) is 10.9 Å². The molecule has 0 saturated carbocycles. The van der Waals surface area contributed by atoms with Gasteiger partial charge in [0.15, 0.2) is 5.82 Å². The van der Waals surface area contributed by atoms with E-state index in [0.29, 0.717) is 5.82 Å². The third-order valence-electron chi connectivity index (χ3n) is 3.84. The summed E-state index contributed by atoms with van der Waals surface area (Å²) in [7, 11) is 0. The fourth-order valence-electron chi connectivity index (χ4n) is 2.57. The molecule has 0 radical (unpaired) electrons. The van der Waals surface area contributed by atoms with Crippen LogP contribution in [0.1, 0.15) is 32.2 Å². The van der Waals surface area contributed by atoms with Gasteiger partial charge in [-0.25, -0.2) is 0 Å². The molecule has 0 atom stereocenters. The van der Waals surface area contributed by atoms with Gasteiger partial charge in [-0.05, 0) is 24.4 Å². The fourth-order valence-corrected chi connectivity index (χ4v) is 2.57. The minimum atomic E-state index is -0.136. The molecule has 0 aliphatic rings. The maximum atomic E-state index is 12.3. The Morgan fingerprint density at radius 3 is 2.70 bits per heavy atom. The summed E-state index contributed by atoms with van der Waals surface area (Å²) in [6.07, 6.45) is 0. The number of nitrogens with zero attached hydrogens (tertiary/aromatic N) is 2. The fraction of sp³-hybridized carbons (Fsp3) is 0.333. The van der Waals surface area contributed by atoms with Crippen LogP contribution < -0.4 is 5.32 Å². The number of aryl methyl sites for hydroxylation is 1. The molecule has 0 spiro atoms. The van der Waals surface area contributed by atoms with Gasteiger partial charge in [0.1, 0.15) is 12.3 Å². The van der Waals surface area contributed by atoms with Gasteiger partial charge in [-0.15, -0.1) is 0 Å². The van der Waals surface area contributed by atoms with Crippen LogP contribution in [0.2, 0.25) is 0 Å². The predicted molar refractivity (Wildman–Crippen MR) is 90.5 cm³/mol. The molecule has 0 saturated heterocycles. The molecule has 0 bridgehead atoms. The standard InChI is InChI=1S/C18H21N3O2/c1-12-9-13-7-5-6-8-14(13)21(12)11-17(22)19-16-10-15(23-20-16)18(2,3)4/h5-10H,11H2,1-4H3,(H,19,20,22).